The van der Waals surface area contributed by atoms with Gasteiger partial charge in [0, 0.05) is 38.0 Å². The lowest BCUT2D eigenvalue weighted by Crippen LogP contribution is -2.51. The van der Waals surface area contributed by atoms with Gasteiger partial charge in [0.05, 0.1) is 0 Å². The van der Waals surface area contributed by atoms with E-state index in [-0.39, 0.29) is 0 Å². The summed E-state index contributed by atoms with van der Waals surface area (Å²) in [6.07, 6.45) is 0. The van der Waals surface area contributed by atoms with Crippen molar-refractivity contribution in [2.24, 2.45) is 0 Å². The minimum absolute atomic E-state index is 0.682. The van der Waals surface area contributed by atoms with E-state index in [1.54, 1.807) is 0 Å². The molecule has 1 aliphatic rings. The van der Waals surface area contributed by atoms with Crippen LogP contribution in [0, 0.1) is 0 Å². The Morgan fingerprint density at radius 2 is 2.21 bits per heavy atom. The fourth-order valence-corrected chi connectivity index (χ4v) is 2.15. The van der Waals surface area contributed by atoms with E-state index in [0.29, 0.717) is 6.04 Å². The fraction of sp³-hybridized carbons (Fsp3) is 0.818. The van der Waals surface area contributed by atoms with Crippen molar-refractivity contribution in [2.45, 2.75) is 19.9 Å². The van der Waals surface area contributed by atoms with Gasteiger partial charge in [-0.25, -0.2) is 0 Å². The molecule has 1 fully saturated rings. The van der Waals surface area contributed by atoms with Crippen LogP contribution < -0.4 is 0 Å². The van der Waals surface area contributed by atoms with Crippen molar-refractivity contribution < 1.29 is 0 Å². The lowest BCUT2D eigenvalue weighted by Gasteiger charge is -2.39. The molecule has 0 bridgehead atoms. The minimum Gasteiger partial charge on any atom is -0.298 e. The van der Waals surface area contributed by atoms with Gasteiger partial charge in [0.2, 0.25) is 0 Å². The first-order chi connectivity index (χ1) is 6.67. The zero-order valence-corrected chi connectivity index (χ0v) is 10.3. The highest BCUT2D eigenvalue weighted by atomic mass is 32.1. The molecule has 1 rings (SSSR count). The molecule has 0 aliphatic carbocycles. The fourth-order valence-electron chi connectivity index (χ4n) is 2.05. The van der Waals surface area contributed by atoms with Crippen molar-refractivity contribution in [3.05, 3.63) is 12.2 Å². The molecule has 0 aromatic carbocycles. The van der Waals surface area contributed by atoms with Gasteiger partial charge in [0.25, 0.3) is 0 Å². The largest absolute Gasteiger partial charge is 0.298 e. The summed E-state index contributed by atoms with van der Waals surface area (Å²) < 4.78 is 0. The first kappa shape index (κ1) is 12.1. The first-order valence-electron chi connectivity index (χ1n) is 5.41. The van der Waals surface area contributed by atoms with E-state index in [4.69, 9.17) is 0 Å². The molecule has 0 aromatic rings. The summed E-state index contributed by atoms with van der Waals surface area (Å²) in [5.41, 5.74) is 1.23. The van der Waals surface area contributed by atoms with E-state index < -0.39 is 0 Å². The second-order valence-electron chi connectivity index (χ2n) is 4.12. The van der Waals surface area contributed by atoms with E-state index in [0.717, 1.165) is 12.3 Å². The molecule has 3 heteroatoms. The summed E-state index contributed by atoms with van der Waals surface area (Å²) in [6.45, 7) is 14.3. The number of piperazine rings is 1. The van der Waals surface area contributed by atoms with E-state index in [1.165, 1.54) is 31.8 Å². The molecule has 1 aliphatic heterocycles. The molecule has 0 N–H and O–H groups in total. The highest BCUT2D eigenvalue weighted by molar-refractivity contribution is 7.80. The minimum atomic E-state index is 0.682. The Kier molecular flexibility index (Phi) is 4.99. The van der Waals surface area contributed by atoms with Gasteiger partial charge in [-0.15, -0.1) is 0 Å². The molecule has 0 spiro atoms. The van der Waals surface area contributed by atoms with Crippen LogP contribution in [0.3, 0.4) is 0 Å². The van der Waals surface area contributed by atoms with Crippen LogP contribution in [0.15, 0.2) is 12.2 Å². The number of hydrogen-bond donors (Lipinski definition) is 1. The third kappa shape index (κ3) is 3.30. The van der Waals surface area contributed by atoms with E-state index in [2.05, 4.69) is 42.9 Å². The Morgan fingerprint density at radius 1 is 1.50 bits per heavy atom. The summed E-state index contributed by atoms with van der Waals surface area (Å²) in [6, 6.07) is 0.682. The van der Waals surface area contributed by atoms with Gasteiger partial charge < -0.3 is 0 Å². The molecule has 1 heterocycles. The number of thiol groups is 1. The third-order valence-corrected chi connectivity index (χ3v) is 3.37. The number of likely N-dealkylation sites (N-methyl/N-ethyl adjacent to an activating group) is 1. The molecule has 1 unspecified atom stereocenters. The average Bonchev–Trinajstić information content (AvgIpc) is 2.18. The zero-order valence-electron chi connectivity index (χ0n) is 9.37. The number of rotatable bonds is 4. The van der Waals surface area contributed by atoms with Gasteiger partial charge in [0.15, 0.2) is 0 Å². The molecule has 2 nitrogen and oxygen atoms in total. The van der Waals surface area contributed by atoms with Crippen molar-refractivity contribution in [3.8, 4) is 0 Å². The Balaban J connectivity index is 2.35. The van der Waals surface area contributed by atoms with Crippen molar-refractivity contribution >= 4 is 12.6 Å². The molecular formula is C11H22N2S. The Morgan fingerprint density at radius 3 is 2.71 bits per heavy atom. The standard InChI is InChI=1S/C11H22N2S/c1-4-13-6-5-12(8-11(13)3)7-10(2)9-14/h11,14H,2,4-9H2,1,3H3. The molecule has 0 saturated carbocycles. The SMILES string of the molecule is C=C(CS)CN1CCN(CC)C(C)C1. The topological polar surface area (TPSA) is 6.48 Å². The second kappa shape index (κ2) is 5.79. The predicted molar refractivity (Wildman–Crippen MR) is 66.1 cm³/mol. The first-order valence-corrected chi connectivity index (χ1v) is 6.04. The maximum atomic E-state index is 4.24. The quantitative estimate of drug-likeness (QED) is 0.560. The van der Waals surface area contributed by atoms with Gasteiger partial charge >= 0.3 is 0 Å². The van der Waals surface area contributed by atoms with Crippen molar-refractivity contribution in [1.82, 2.24) is 9.80 Å². The zero-order chi connectivity index (χ0) is 10.6. The lowest BCUT2D eigenvalue weighted by molar-refractivity contribution is 0.0946. The third-order valence-electron chi connectivity index (χ3n) is 2.93. The molecule has 0 radical (unpaired) electrons. The predicted octanol–water partition coefficient (Wildman–Crippen LogP) is 1.50. The van der Waals surface area contributed by atoms with Gasteiger partial charge in [-0.3, -0.25) is 9.80 Å². The lowest BCUT2D eigenvalue weighted by atomic mass is 10.2. The van der Waals surface area contributed by atoms with Crippen LogP contribution in [0.5, 0.6) is 0 Å². The maximum absolute atomic E-state index is 4.24. The van der Waals surface area contributed by atoms with Crippen LogP contribution in [-0.4, -0.2) is 54.3 Å². The van der Waals surface area contributed by atoms with Crippen molar-refractivity contribution in [2.75, 3.05) is 38.5 Å². The average molecular weight is 214 g/mol. The van der Waals surface area contributed by atoms with E-state index >= 15 is 0 Å². The molecule has 1 saturated heterocycles. The summed E-state index contributed by atoms with van der Waals surface area (Å²) in [5, 5.41) is 0. The number of hydrogen-bond acceptors (Lipinski definition) is 3. The monoisotopic (exact) mass is 214 g/mol. The smallest absolute Gasteiger partial charge is 0.0199 e. The summed E-state index contributed by atoms with van der Waals surface area (Å²) in [5.74, 6) is 0.808. The Bertz CT molecular complexity index is 194. The molecule has 0 aromatic heterocycles. The van der Waals surface area contributed by atoms with Crippen LogP contribution in [0.1, 0.15) is 13.8 Å². The molecular weight excluding hydrogens is 192 g/mol. The molecule has 0 amide bonds. The van der Waals surface area contributed by atoms with Crippen LogP contribution in [0.4, 0.5) is 0 Å². The van der Waals surface area contributed by atoms with Gasteiger partial charge in [-0.1, -0.05) is 19.1 Å². The van der Waals surface area contributed by atoms with Gasteiger partial charge in [-0.05, 0) is 13.5 Å². The Labute approximate surface area is 93.4 Å². The summed E-state index contributed by atoms with van der Waals surface area (Å²) >= 11 is 4.24. The van der Waals surface area contributed by atoms with Crippen molar-refractivity contribution in [1.29, 1.82) is 0 Å². The van der Waals surface area contributed by atoms with Crippen LogP contribution in [0.2, 0.25) is 0 Å². The van der Waals surface area contributed by atoms with Gasteiger partial charge in [0.1, 0.15) is 0 Å². The normalized spacial score (nSPS) is 25.2. The molecule has 14 heavy (non-hydrogen) atoms. The Hall–Kier alpha value is 0.01000. The molecule has 1 atom stereocenters. The number of nitrogens with zero attached hydrogens (tertiary/aromatic N) is 2. The van der Waals surface area contributed by atoms with E-state index in [9.17, 15) is 0 Å². The van der Waals surface area contributed by atoms with Crippen LogP contribution in [0.25, 0.3) is 0 Å². The highest BCUT2D eigenvalue weighted by Crippen LogP contribution is 2.10. The maximum Gasteiger partial charge on any atom is 0.0199 e. The second-order valence-corrected chi connectivity index (χ2v) is 4.44. The molecule has 82 valence electrons. The highest BCUT2D eigenvalue weighted by Gasteiger charge is 2.21. The summed E-state index contributed by atoms with van der Waals surface area (Å²) in [4.78, 5) is 5.01. The van der Waals surface area contributed by atoms with Crippen molar-refractivity contribution in [3.63, 3.8) is 0 Å². The summed E-state index contributed by atoms with van der Waals surface area (Å²) in [7, 11) is 0. The van der Waals surface area contributed by atoms with Crippen LogP contribution in [-0.2, 0) is 0 Å². The van der Waals surface area contributed by atoms with Gasteiger partial charge in [-0.2, -0.15) is 12.6 Å². The van der Waals surface area contributed by atoms with Crippen LogP contribution >= 0.6 is 12.6 Å². The van der Waals surface area contributed by atoms with E-state index in [1.807, 2.05) is 0 Å².